The molecule has 137 heavy (non-hydrogen) atoms. The lowest BCUT2D eigenvalue weighted by atomic mass is 9.91. The van der Waals surface area contributed by atoms with Gasteiger partial charge in [0.2, 0.25) is 88.6 Å². The highest BCUT2D eigenvalue weighted by Gasteiger charge is 2.48. The number of likely N-dealkylation sites (N-methyl/N-ethyl adjacent to an activating group) is 2. The van der Waals surface area contributed by atoms with E-state index in [9.17, 15) is 68.7 Å². The third-order valence-electron chi connectivity index (χ3n) is 25.3. The number of thioether (sulfide) groups is 1. The number of carbonyl (C=O) groups is 19. The third kappa shape index (κ3) is 29.0. The summed E-state index contributed by atoms with van der Waals surface area (Å²) in [7, 11) is 2.60. The van der Waals surface area contributed by atoms with Gasteiger partial charge >= 0.3 is 11.9 Å². The third-order valence-corrected chi connectivity index (χ3v) is 26.4. The number of Topliss-reactive ketones (excluding diaryl/α,β-unsaturated/α-hetero) is 2. The van der Waals surface area contributed by atoms with Crippen LogP contribution in [-0.4, -0.2) is 319 Å². The van der Waals surface area contributed by atoms with E-state index >= 15 is 47.9 Å². The number of aromatic nitrogens is 4. The van der Waals surface area contributed by atoms with Gasteiger partial charge in [-0.1, -0.05) is 88.1 Å². The lowest BCUT2D eigenvalue weighted by Gasteiger charge is -2.38. The highest BCUT2D eigenvalue weighted by Crippen LogP contribution is 2.31. The predicted octanol–water partition coefficient (Wildman–Crippen LogP) is -0.793. The molecule has 4 saturated heterocycles. The molecule has 43 nitrogen and oxygen atoms in total. The fraction of sp³-hybridized carbons (Fsp3) is 0.527. The van der Waals surface area contributed by atoms with Crippen molar-refractivity contribution in [3.05, 3.63) is 120 Å². The first kappa shape index (κ1) is 105. The van der Waals surface area contributed by atoms with E-state index in [1.807, 2.05) is 6.92 Å². The summed E-state index contributed by atoms with van der Waals surface area (Å²) in [6, 6.07) is 0.0427. The summed E-state index contributed by atoms with van der Waals surface area (Å²) in [5.74, 6) is -23.4. The number of aromatic amines is 3. The van der Waals surface area contributed by atoms with Crippen molar-refractivity contribution in [2.24, 2.45) is 23.3 Å². The van der Waals surface area contributed by atoms with E-state index < -0.39 is 285 Å². The monoisotopic (exact) mass is 1920 g/mol. The number of hydrogen-bond acceptors (Lipinski definition) is 24. The van der Waals surface area contributed by atoms with Gasteiger partial charge in [0.15, 0.2) is 11.6 Å². The molecule has 7 heterocycles. The number of aliphatic carboxylic acids is 2. The van der Waals surface area contributed by atoms with Crippen LogP contribution in [0.5, 0.6) is 5.75 Å². The largest absolute Gasteiger partial charge is 0.508 e. The van der Waals surface area contributed by atoms with Crippen LogP contribution in [0.1, 0.15) is 158 Å². The minimum Gasteiger partial charge on any atom is -0.508 e. The number of benzene rings is 3. The van der Waals surface area contributed by atoms with Gasteiger partial charge in [-0.25, -0.2) is 4.98 Å². The number of amides is 15. The van der Waals surface area contributed by atoms with Crippen molar-refractivity contribution in [1.82, 2.24) is 87.0 Å². The van der Waals surface area contributed by atoms with Crippen molar-refractivity contribution < 1.29 is 117 Å². The van der Waals surface area contributed by atoms with Crippen LogP contribution in [0.15, 0.2) is 97.7 Å². The number of para-hydroxylation sites is 2. The molecular weight excluding hydrogens is 1800 g/mol. The van der Waals surface area contributed by atoms with E-state index in [1.54, 1.807) is 67.8 Å². The van der Waals surface area contributed by atoms with Gasteiger partial charge in [0.25, 0.3) is 0 Å². The summed E-state index contributed by atoms with van der Waals surface area (Å²) < 4.78 is 0. The number of phenols is 1. The van der Waals surface area contributed by atoms with Gasteiger partial charge in [-0.05, 0) is 98.7 Å². The van der Waals surface area contributed by atoms with Crippen molar-refractivity contribution in [3.63, 3.8) is 0 Å². The molecular formula is C93H123N19O24S. The Kier molecular flexibility index (Phi) is 38.7. The summed E-state index contributed by atoms with van der Waals surface area (Å²) in [4.78, 5) is 295. The summed E-state index contributed by atoms with van der Waals surface area (Å²) in [6.45, 7) is 0.887. The number of piperidine rings is 1. The Hall–Kier alpha value is -13.7. The first-order valence-corrected chi connectivity index (χ1v) is 47.2. The number of unbranched alkanes of at least 4 members (excludes halogenated alkanes) is 2. The van der Waals surface area contributed by atoms with Gasteiger partial charge in [-0.3, -0.25) is 91.1 Å². The number of imidazole rings is 1. The van der Waals surface area contributed by atoms with Crippen LogP contribution >= 0.6 is 11.8 Å². The molecule has 15 amide bonds. The minimum absolute atomic E-state index is 0.0494. The zero-order valence-electron chi connectivity index (χ0n) is 76.9. The van der Waals surface area contributed by atoms with Crippen LogP contribution in [0.25, 0.3) is 21.8 Å². The highest BCUT2D eigenvalue weighted by atomic mass is 32.2. The maximum absolute atomic E-state index is 15.7. The molecule has 4 fully saturated rings. The zero-order valence-corrected chi connectivity index (χ0v) is 77.7. The molecule has 44 heteroatoms. The van der Waals surface area contributed by atoms with Gasteiger partial charge in [-0.2, -0.15) is 11.8 Å². The number of aliphatic hydroxyl groups excluding tert-OH is 2. The van der Waals surface area contributed by atoms with Crippen LogP contribution in [-0.2, 0) is 117 Å². The van der Waals surface area contributed by atoms with E-state index in [4.69, 9.17) is 11.5 Å². The maximum atomic E-state index is 15.7. The molecule has 20 N–H and O–H groups in total. The quantitative estimate of drug-likeness (QED) is 0.0316. The Balaban J connectivity index is 1.03. The molecule has 0 radical (unpaired) electrons. The van der Waals surface area contributed by atoms with Gasteiger partial charge in [0, 0.05) is 149 Å². The van der Waals surface area contributed by atoms with Crippen molar-refractivity contribution in [2.75, 3.05) is 58.4 Å². The Morgan fingerprint density at radius 1 is 0.518 bits per heavy atom. The fourth-order valence-corrected chi connectivity index (χ4v) is 18.8. The molecule has 15 atom stereocenters. The molecule has 4 aliphatic heterocycles. The van der Waals surface area contributed by atoms with Gasteiger partial charge < -0.3 is 119 Å². The summed E-state index contributed by atoms with van der Waals surface area (Å²) in [6.07, 6.45) is -0.281. The van der Waals surface area contributed by atoms with E-state index in [0.717, 1.165) is 36.3 Å². The number of H-pyrrole nitrogens is 3. The molecule has 740 valence electrons. The number of carbonyl (C=O) groups excluding carboxylic acids is 17. The Bertz CT molecular complexity index is 5360. The van der Waals surface area contributed by atoms with E-state index in [2.05, 4.69) is 62.5 Å². The summed E-state index contributed by atoms with van der Waals surface area (Å²) in [5, 5.41) is 75.5. The van der Waals surface area contributed by atoms with Crippen LogP contribution in [0.4, 0.5) is 0 Å². The van der Waals surface area contributed by atoms with Crippen molar-refractivity contribution in [3.8, 4) is 5.75 Å². The molecule has 3 aromatic carbocycles. The second-order valence-corrected chi connectivity index (χ2v) is 36.3. The lowest BCUT2D eigenvalue weighted by molar-refractivity contribution is -0.149. The highest BCUT2D eigenvalue weighted by molar-refractivity contribution is 7.99. The van der Waals surface area contributed by atoms with Gasteiger partial charge in [0.1, 0.15) is 66.2 Å². The molecule has 0 unspecified atom stereocenters. The Morgan fingerprint density at radius 3 is 1.67 bits per heavy atom. The number of nitrogens with one attached hydrogen (secondary N) is 11. The van der Waals surface area contributed by atoms with Crippen molar-refractivity contribution in [1.29, 1.82) is 0 Å². The smallest absolute Gasteiger partial charge is 0.305 e. The van der Waals surface area contributed by atoms with Crippen LogP contribution in [0, 0.1) is 11.8 Å². The van der Waals surface area contributed by atoms with E-state index in [-0.39, 0.29) is 88.7 Å². The fourth-order valence-electron chi connectivity index (χ4n) is 17.9. The Labute approximate surface area is 793 Å². The summed E-state index contributed by atoms with van der Waals surface area (Å²) in [5.41, 5.74) is 13.9. The average Bonchev–Trinajstić information content (AvgIpc) is 1.68. The summed E-state index contributed by atoms with van der Waals surface area (Å²) >= 11 is 0.771. The van der Waals surface area contributed by atoms with Crippen molar-refractivity contribution >= 4 is 146 Å². The van der Waals surface area contributed by atoms with Crippen LogP contribution < -0.4 is 54.0 Å². The number of nitrogens with two attached hydrogens (primary N) is 2. The number of fused-ring (bicyclic) bond motifs is 5. The van der Waals surface area contributed by atoms with E-state index in [0.29, 0.717) is 70.6 Å². The Morgan fingerprint density at radius 2 is 1.07 bits per heavy atom. The average molecular weight is 1920 g/mol. The van der Waals surface area contributed by atoms with E-state index in [1.165, 1.54) is 50.9 Å². The number of ketones is 2. The first-order valence-electron chi connectivity index (χ1n) is 46.1. The number of aromatic hydroxyl groups is 1. The predicted molar refractivity (Wildman–Crippen MR) is 494 cm³/mol. The number of aliphatic hydroxyl groups is 2. The SMILES string of the molecule is CCCC[C@H]1C(=O)N(C)[C@@H](CCCC)C(=O)N[C@@H](CCC(=O)O)C(=O)C[C@H](C(=O)NCC(N)=O)CSCC(=O)N[C@@H](Cc2ccc(O)cc2)C(=O)N2CCCC[C@H]2C(=O)N[C@@H](CC(=O)O)C(=O)N2CCC[C@H]2C(=O)N[C@@H](Cc2cnc[nH]2)C(=O)C[C@@H](CCC(N)=O)C(=O)N2C[C@H](O)C[C@H]2C(=O)N[C@@H](Cc2c[nH]c3ccccc23)C(=O)N[C@@H](CO)C(=O)N[C@@H](Cc2c[nH]c3ccccc23)C(=O)N1C. The first-order chi connectivity index (χ1) is 65.4. The van der Waals surface area contributed by atoms with Gasteiger partial charge in [0.05, 0.1) is 55.8 Å². The number of nitrogens with zero attached hydrogens (tertiary/aromatic N) is 6. The molecule has 6 aromatic rings. The molecule has 0 aliphatic carbocycles. The zero-order chi connectivity index (χ0) is 99.4. The number of carboxylic acid groups (broad SMARTS) is 2. The molecule has 3 aromatic heterocycles. The van der Waals surface area contributed by atoms with Gasteiger partial charge in [-0.15, -0.1) is 0 Å². The maximum Gasteiger partial charge on any atom is 0.305 e. The second-order valence-electron chi connectivity index (χ2n) is 35.3. The minimum atomic E-state index is -1.94. The number of phenolic OH excluding ortho intramolecular Hbond substituents is 1. The normalized spacial score (nSPS) is 25.1. The number of primary amides is 2. The molecule has 10 rings (SSSR count). The molecule has 4 aliphatic rings. The standard InChI is InChI=1S/C93H123N19O24S/c1-5-7-20-70-85(128)102-63(29-31-80(121)122)75(116)38-55(82(125)99-45-78(95)119)48-137-49-79(120)101-66(34-51-24-27-57(114)28-25-51)91(134)110-32-14-13-22-71(110)87(130)106-68(41-81(123)124)92(135)111-33-15-23-72(111)86(129)103-64(39-56-44-96-50-100-56)76(117)37-52(26-30-77(94)118)89(132)112-46-58(115)40-74(112)88(131)104-65(35-53-42-97-61-18-11-9-16-59(53)61)83(126)107-69(47-113)84(127)105-67(36-54-43-98-62-19-12-10-17-60(54)62)90(133)109(4)73(21-8-6-2)93(136)108(70)3/h9-12,16-19,24-25,27-28,42-44,50,52,55,58,63-74,97-98,113-115H,5-8,13-15,20-23,26,29-41,45-49H2,1-4H3,(H2,94,118)(H2,95,119)(H,96,100)(H,99,125)(H,101,120)(H,102,128)(H,103,129)(H,104,131)(H,105,127)(H,106,130)(H,107,126)(H,121,122)(H,123,124)/t52-,55+,58-,63+,64+,65+,66+,67+,68+,69+,70+,71+,72+,73+,74+/m1/s1. The topological polar surface area (TPSA) is 650 Å². The molecule has 0 saturated carbocycles. The number of carboxylic acids is 2. The van der Waals surface area contributed by atoms with Crippen LogP contribution in [0.3, 0.4) is 0 Å². The molecule has 0 bridgehead atoms. The number of hydrogen-bond donors (Lipinski definition) is 18. The second kappa shape index (κ2) is 50.3. The van der Waals surface area contributed by atoms with Crippen LogP contribution in [0.2, 0.25) is 0 Å². The molecule has 0 spiro atoms. The lowest BCUT2D eigenvalue weighted by Crippen LogP contribution is -2.61. The van der Waals surface area contributed by atoms with Crippen molar-refractivity contribution in [2.45, 2.75) is 240 Å². The number of rotatable bonds is 26.